The van der Waals surface area contributed by atoms with Crippen LogP contribution in [0.5, 0.6) is 0 Å². The highest BCUT2D eigenvalue weighted by Gasteiger charge is 2.18. The number of hydrogen-bond donors (Lipinski definition) is 1. The van der Waals surface area contributed by atoms with Crippen LogP contribution in [0.1, 0.15) is 36.6 Å². The molecule has 0 spiro atoms. The molecule has 0 amide bonds. The molecule has 0 saturated heterocycles. The summed E-state index contributed by atoms with van der Waals surface area (Å²) in [4.78, 5) is 4.91. The standard InChI is InChI=1S/C23H23ClN2/c1-2-5-16-10-12-19(13-11-16)25-23-15-22(17-6-3-7-18(24)14-17)26-21-9-4-8-20(21)23/h3,6-7,10-15H,2,4-5,8-9H2,1H3,(H,25,26). The third kappa shape index (κ3) is 3.61. The van der Waals surface area contributed by atoms with Gasteiger partial charge in [0, 0.05) is 27.7 Å². The number of benzene rings is 2. The minimum absolute atomic E-state index is 0.742. The summed E-state index contributed by atoms with van der Waals surface area (Å²) in [6.07, 6.45) is 5.62. The van der Waals surface area contributed by atoms with Gasteiger partial charge < -0.3 is 5.32 Å². The van der Waals surface area contributed by atoms with E-state index >= 15 is 0 Å². The third-order valence-corrected chi connectivity index (χ3v) is 5.18. The molecule has 4 rings (SSSR count). The number of aromatic nitrogens is 1. The van der Waals surface area contributed by atoms with E-state index in [1.807, 2.05) is 18.2 Å². The van der Waals surface area contributed by atoms with Crippen LogP contribution < -0.4 is 5.32 Å². The van der Waals surface area contributed by atoms with E-state index in [-0.39, 0.29) is 0 Å². The molecule has 1 heterocycles. The van der Waals surface area contributed by atoms with Gasteiger partial charge in [0.1, 0.15) is 0 Å². The second-order valence-electron chi connectivity index (χ2n) is 6.92. The van der Waals surface area contributed by atoms with Crippen LogP contribution in [0.25, 0.3) is 11.3 Å². The van der Waals surface area contributed by atoms with Crippen LogP contribution >= 0.6 is 11.6 Å². The Kier molecular flexibility index (Phi) is 4.94. The number of nitrogens with one attached hydrogen (secondary N) is 1. The molecule has 1 aliphatic carbocycles. The Bertz CT molecular complexity index is 916. The molecule has 0 atom stereocenters. The maximum Gasteiger partial charge on any atom is 0.0726 e. The molecule has 26 heavy (non-hydrogen) atoms. The highest BCUT2D eigenvalue weighted by atomic mass is 35.5. The van der Waals surface area contributed by atoms with Crippen molar-refractivity contribution in [3.05, 3.63) is 76.4 Å². The summed E-state index contributed by atoms with van der Waals surface area (Å²) < 4.78 is 0. The third-order valence-electron chi connectivity index (χ3n) is 4.94. The maximum absolute atomic E-state index is 6.18. The number of hydrogen-bond acceptors (Lipinski definition) is 2. The van der Waals surface area contributed by atoms with Gasteiger partial charge in [-0.15, -0.1) is 0 Å². The van der Waals surface area contributed by atoms with Crippen LogP contribution in [0.15, 0.2) is 54.6 Å². The van der Waals surface area contributed by atoms with Crippen molar-refractivity contribution in [3.8, 4) is 11.3 Å². The normalized spacial score (nSPS) is 12.8. The molecule has 2 nitrogen and oxygen atoms in total. The molecule has 2 aromatic carbocycles. The van der Waals surface area contributed by atoms with Crippen molar-refractivity contribution < 1.29 is 0 Å². The van der Waals surface area contributed by atoms with Crippen LogP contribution in [-0.4, -0.2) is 4.98 Å². The Morgan fingerprint density at radius 3 is 2.65 bits per heavy atom. The zero-order valence-electron chi connectivity index (χ0n) is 15.1. The second kappa shape index (κ2) is 7.51. The molecule has 0 bridgehead atoms. The van der Waals surface area contributed by atoms with Crippen molar-refractivity contribution >= 4 is 23.0 Å². The van der Waals surface area contributed by atoms with Crippen molar-refractivity contribution in [2.75, 3.05) is 5.32 Å². The zero-order valence-corrected chi connectivity index (χ0v) is 15.8. The molecule has 3 heteroatoms. The first-order valence-corrected chi connectivity index (χ1v) is 9.75. The molecule has 0 aliphatic heterocycles. The molecule has 0 unspecified atom stereocenters. The van der Waals surface area contributed by atoms with Crippen LogP contribution in [0, 0.1) is 0 Å². The Morgan fingerprint density at radius 2 is 1.88 bits per heavy atom. The van der Waals surface area contributed by atoms with Gasteiger partial charge in [-0.25, -0.2) is 0 Å². The van der Waals surface area contributed by atoms with Gasteiger partial charge in [0.05, 0.1) is 5.69 Å². The lowest BCUT2D eigenvalue weighted by molar-refractivity contribution is 0.900. The number of nitrogens with zero attached hydrogens (tertiary/aromatic N) is 1. The first-order valence-electron chi connectivity index (χ1n) is 9.37. The molecule has 3 aromatic rings. The number of fused-ring (bicyclic) bond motifs is 1. The molecule has 1 aromatic heterocycles. The van der Waals surface area contributed by atoms with E-state index in [1.165, 1.54) is 35.3 Å². The number of rotatable bonds is 5. The quantitative estimate of drug-likeness (QED) is 0.554. The maximum atomic E-state index is 6.18. The summed E-state index contributed by atoms with van der Waals surface area (Å²) in [5.74, 6) is 0. The molecule has 0 saturated carbocycles. The first-order chi connectivity index (χ1) is 12.7. The summed E-state index contributed by atoms with van der Waals surface area (Å²) in [6.45, 7) is 2.21. The van der Waals surface area contributed by atoms with E-state index in [9.17, 15) is 0 Å². The Balaban J connectivity index is 1.69. The van der Waals surface area contributed by atoms with E-state index in [0.717, 1.165) is 41.2 Å². The zero-order chi connectivity index (χ0) is 17.9. The minimum atomic E-state index is 0.742. The van der Waals surface area contributed by atoms with Crippen molar-refractivity contribution in [1.29, 1.82) is 0 Å². The fraction of sp³-hybridized carbons (Fsp3) is 0.261. The van der Waals surface area contributed by atoms with Crippen LogP contribution in [-0.2, 0) is 19.3 Å². The average Bonchev–Trinajstić information content (AvgIpc) is 3.12. The topological polar surface area (TPSA) is 24.9 Å². The van der Waals surface area contributed by atoms with E-state index in [4.69, 9.17) is 16.6 Å². The fourth-order valence-electron chi connectivity index (χ4n) is 3.65. The summed E-state index contributed by atoms with van der Waals surface area (Å²) in [5, 5.41) is 4.37. The molecule has 0 fully saturated rings. The smallest absolute Gasteiger partial charge is 0.0726 e. The highest BCUT2D eigenvalue weighted by molar-refractivity contribution is 6.30. The molecule has 1 N–H and O–H groups in total. The summed E-state index contributed by atoms with van der Waals surface area (Å²) in [5.41, 5.74) is 8.30. The van der Waals surface area contributed by atoms with E-state index in [0.29, 0.717) is 0 Å². The first kappa shape index (κ1) is 17.1. The van der Waals surface area contributed by atoms with Gasteiger partial charge in [-0.3, -0.25) is 4.98 Å². The predicted octanol–water partition coefficient (Wildman–Crippen LogP) is 6.59. The van der Waals surface area contributed by atoms with Gasteiger partial charge >= 0.3 is 0 Å². The minimum Gasteiger partial charge on any atom is -0.355 e. The van der Waals surface area contributed by atoms with Crippen LogP contribution in [0.4, 0.5) is 11.4 Å². The number of halogens is 1. The SMILES string of the molecule is CCCc1ccc(Nc2cc(-c3cccc(Cl)c3)nc3c2CCC3)cc1. The molecule has 132 valence electrons. The summed E-state index contributed by atoms with van der Waals surface area (Å²) in [6, 6.07) is 18.9. The fourth-order valence-corrected chi connectivity index (χ4v) is 3.84. The molecule has 0 radical (unpaired) electrons. The Labute approximate surface area is 160 Å². The van der Waals surface area contributed by atoms with Crippen LogP contribution in [0.2, 0.25) is 5.02 Å². The van der Waals surface area contributed by atoms with Crippen molar-refractivity contribution in [2.45, 2.75) is 39.0 Å². The second-order valence-corrected chi connectivity index (χ2v) is 7.35. The van der Waals surface area contributed by atoms with E-state index < -0.39 is 0 Å². The highest BCUT2D eigenvalue weighted by Crippen LogP contribution is 2.34. The van der Waals surface area contributed by atoms with Gasteiger partial charge in [-0.2, -0.15) is 0 Å². The Hall–Kier alpha value is -2.32. The van der Waals surface area contributed by atoms with Crippen molar-refractivity contribution in [1.82, 2.24) is 4.98 Å². The van der Waals surface area contributed by atoms with Crippen LogP contribution in [0.3, 0.4) is 0 Å². The van der Waals surface area contributed by atoms with Gasteiger partial charge in [-0.1, -0.05) is 49.2 Å². The largest absolute Gasteiger partial charge is 0.355 e. The Morgan fingerprint density at radius 1 is 1.04 bits per heavy atom. The van der Waals surface area contributed by atoms with Gasteiger partial charge in [0.2, 0.25) is 0 Å². The molecule has 1 aliphatic rings. The summed E-state index contributed by atoms with van der Waals surface area (Å²) in [7, 11) is 0. The van der Waals surface area contributed by atoms with Gasteiger partial charge in [-0.05, 0) is 67.1 Å². The molecular formula is C23H23ClN2. The van der Waals surface area contributed by atoms with E-state index in [2.05, 4.69) is 48.6 Å². The lowest BCUT2D eigenvalue weighted by Crippen LogP contribution is -2.00. The lowest BCUT2D eigenvalue weighted by atomic mass is 10.1. The number of pyridine rings is 1. The predicted molar refractivity (Wildman–Crippen MR) is 110 cm³/mol. The molecular weight excluding hydrogens is 340 g/mol. The van der Waals surface area contributed by atoms with E-state index in [1.54, 1.807) is 0 Å². The summed E-state index contributed by atoms with van der Waals surface area (Å²) >= 11 is 6.18. The number of anilines is 2. The van der Waals surface area contributed by atoms with Gasteiger partial charge in [0.25, 0.3) is 0 Å². The van der Waals surface area contributed by atoms with Gasteiger partial charge in [0.15, 0.2) is 0 Å². The lowest BCUT2D eigenvalue weighted by Gasteiger charge is -2.14. The van der Waals surface area contributed by atoms with Crippen molar-refractivity contribution in [2.24, 2.45) is 0 Å². The van der Waals surface area contributed by atoms with Crippen molar-refractivity contribution in [3.63, 3.8) is 0 Å². The monoisotopic (exact) mass is 362 g/mol. The average molecular weight is 363 g/mol. The number of aryl methyl sites for hydroxylation is 2.